The predicted octanol–water partition coefficient (Wildman–Crippen LogP) is 5.19. The normalized spacial score (nSPS) is 23.2. The lowest BCUT2D eigenvalue weighted by atomic mass is 9.83. The molecule has 1 N–H and O–H groups in total. The first kappa shape index (κ1) is 20.0. The second-order valence-electron chi connectivity index (χ2n) is 9.72. The third-order valence-corrected chi connectivity index (χ3v) is 8.66. The first-order valence-electron chi connectivity index (χ1n) is 11.9. The van der Waals surface area contributed by atoms with Gasteiger partial charge in [0.25, 0.3) is 5.56 Å². The van der Waals surface area contributed by atoms with Gasteiger partial charge in [0, 0.05) is 46.9 Å². The zero-order valence-corrected chi connectivity index (χ0v) is 19.1. The van der Waals surface area contributed by atoms with Crippen LogP contribution in [0, 0.1) is 5.92 Å². The Kier molecular flexibility index (Phi) is 5.05. The van der Waals surface area contributed by atoms with Crippen LogP contribution in [-0.2, 0) is 6.54 Å². The van der Waals surface area contributed by atoms with Gasteiger partial charge in [0.2, 0.25) is 0 Å². The number of thiophene rings is 1. The van der Waals surface area contributed by atoms with Crippen LogP contribution < -0.4 is 10.9 Å². The van der Waals surface area contributed by atoms with Crippen molar-refractivity contribution in [2.45, 2.75) is 57.0 Å². The first-order valence-corrected chi connectivity index (χ1v) is 12.8. The molecule has 4 heterocycles. The number of aromatic nitrogens is 1. The summed E-state index contributed by atoms with van der Waals surface area (Å²) in [5.41, 5.74) is 2.00. The standard InChI is InChI=1S/C26H29N3O2S/c30-25-21(24-13-18-6-4-5-9-23(18)32-24)10-11-22-19-12-17(15-29(22)25)14-28(16-19)26(31)27-20-7-2-1-3-8-20/h4-6,9-11,13,17,19-20H,1-3,7-8,12,14-16H2,(H,27,31). The van der Waals surface area contributed by atoms with Crippen molar-refractivity contribution in [3.05, 3.63) is 58.5 Å². The maximum Gasteiger partial charge on any atom is 0.317 e. The molecule has 1 aliphatic carbocycles. The lowest BCUT2D eigenvalue weighted by Gasteiger charge is -2.43. The van der Waals surface area contributed by atoms with Gasteiger partial charge in [-0.05, 0) is 54.8 Å². The molecule has 32 heavy (non-hydrogen) atoms. The van der Waals surface area contributed by atoms with Crippen LogP contribution >= 0.6 is 11.3 Å². The summed E-state index contributed by atoms with van der Waals surface area (Å²) in [4.78, 5) is 29.5. The zero-order chi connectivity index (χ0) is 21.7. The Morgan fingerprint density at radius 2 is 1.84 bits per heavy atom. The summed E-state index contributed by atoms with van der Waals surface area (Å²) in [6, 6.07) is 15.0. The molecule has 2 unspecified atom stereocenters. The molecule has 166 valence electrons. The maximum atomic E-state index is 13.5. The molecule has 1 saturated heterocycles. The van der Waals surface area contributed by atoms with Gasteiger partial charge < -0.3 is 14.8 Å². The average molecular weight is 448 g/mol. The van der Waals surface area contributed by atoms with E-state index in [4.69, 9.17) is 0 Å². The van der Waals surface area contributed by atoms with Gasteiger partial charge in [-0.2, -0.15) is 0 Å². The highest BCUT2D eigenvalue weighted by atomic mass is 32.1. The number of amides is 2. The lowest BCUT2D eigenvalue weighted by molar-refractivity contribution is 0.127. The molecule has 0 radical (unpaired) electrons. The number of nitrogens with one attached hydrogen (secondary N) is 1. The maximum absolute atomic E-state index is 13.5. The van der Waals surface area contributed by atoms with E-state index in [0.29, 0.717) is 25.0 Å². The topological polar surface area (TPSA) is 54.3 Å². The van der Waals surface area contributed by atoms with E-state index in [9.17, 15) is 9.59 Å². The highest BCUT2D eigenvalue weighted by Crippen LogP contribution is 2.37. The molecular formula is C26H29N3O2S. The number of benzene rings is 1. The van der Waals surface area contributed by atoms with E-state index in [0.717, 1.165) is 41.9 Å². The van der Waals surface area contributed by atoms with Crippen molar-refractivity contribution in [2.24, 2.45) is 5.92 Å². The smallest absolute Gasteiger partial charge is 0.317 e. The van der Waals surface area contributed by atoms with E-state index >= 15 is 0 Å². The fourth-order valence-electron chi connectivity index (χ4n) is 5.93. The molecule has 0 spiro atoms. The molecule has 6 rings (SSSR count). The molecule has 2 aliphatic heterocycles. The van der Waals surface area contributed by atoms with E-state index in [1.54, 1.807) is 11.3 Å². The Hall–Kier alpha value is -2.60. The minimum absolute atomic E-state index is 0.0873. The van der Waals surface area contributed by atoms with Gasteiger partial charge in [0.15, 0.2) is 0 Å². The highest BCUT2D eigenvalue weighted by molar-refractivity contribution is 7.22. The van der Waals surface area contributed by atoms with Crippen LogP contribution in [0.15, 0.2) is 47.3 Å². The molecule has 2 bridgehead atoms. The summed E-state index contributed by atoms with van der Waals surface area (Å²) >= 11 is 1.68. The van der Waals surface area contributed by atoms with Crippen LogP contribution in [0.4, 0.5) is 4.79 Å². The second-order valence-corrected chi connectivity index (χ2v) is 10.8. The minimum Gasteiger partial charge on any atom is -0.335 e. The first-order chi connectivity index (χ1) is 15.7. The number of piperidine rings is 1. The molecule has 2 atom stereocenters. The molecule has 3 aromatic rings. The van der Waals surface area contributed by atoms with Gasteiger partial charge in [0.1, 0.15) is 0 Å². The van der Waals surface area contributed by atoms with Crippen molar-refractivity contribution in [2.75, 3.05) is 13.1 Å². The van der Waals surface area contributed by atoms with Crippen molar-refractivity contribution >= 4 is 27.5 Å². The van der Waals surface area contributed by atoms with Gasteiger partial charge >= 0.3 is 6.03 Å². The van der Waals surface area contributed by atoms with E-state index in [-0.39, 0.29) is 17.5 Å². The third kappa shape index (κ3) is 3.54. The monoisotopic (exact) mass is 447 g/mol. The molecular weight excluding hydrogens is 418 g/mol. The quantitative estimate of drug-likeness (QED) is 0.588. The number of urea groups is 1. The van der Waals surface area contributed by atoms with Gasteiger partial charge in [-0.15, -0.1) is 11.3 Å². The van der Waals surface area contributed by atoms with Crippen LogP contribution in [0.5, 0.6) is 0 Å². The highest BCUT2D eigenvalue weighted by Gasteiger charge is 2.37. The van der Waals surface area contributed by atoms with Gasteiger partial charge in [0.05, 0.1) is 5.56 Å². The number of likely N-dealkylation sites (tertiary alicyclic amines) is 1. The van der Waals surface area contributed by atoms with Crippen LogP contribution in [0.1, 0.15) is 50.1 Å². The number of fused-ring (bicyclic) bond motifs is 5. The van der Waals surface area contributed by atoms with E-state index in [2.05, 4.69) is 29.6 Å². The van der Waals surface area contributed by atoms with Gasteiger partial charge in [-0.3, -0.25) is 4.79 Å². The third-order valence-electron chi connectivity index (χ3n) is 7.52. The number of nitrogens with zero attached hydrogens (tertiary/aromatic N) is 2. The van der Waals surface area contributed by atoms with Crippen LogP contribution in [0.3, 0.4) is 0 Å². The van der Waals surface area contributed by atoms with Crippen LogP contribution in [0.25, 0.3) is 20.5 Å². The van der Waals surface area contributed by atoms with Crippen molar-refractivity contribution in [3.63, 3.8) is 0 Å². The van der Waals surface area contributed by atoms with Crippen molar-refractivity contribution in [1.82, 2.24) is 14.8 Å². The van der Waals surface area contributed by atoms with E-state index < -0.39 is 0 Å². The summed E-state index contributed by atoms with van der Waals surface area (Å²) in [6.07, 6.45) is 6.99. The Bertz CT molecular complexity index is 1190. The summed E-state index contributed by atoms with van der Waals surface area (Å²) in [5, 5.41) is 4.46. The Labute approximate surface area is 192 Å². The molecule has 2 amide bonds. The number of hydrogen-bond donors (Lipinski definition) is 1. The van der Waals surface area contributed by atoms with Crippen molar-refractivity contribution in [1.29, 1.82) is 0 Å². The fourth-order valence-corrected chi connectivity index (χ4v) is 7.01. The Morgan fingerprint density at radius 3 is 2.69 bits per heavy atom. The van der Waals surface area contributed by atoms with E-state index in [1.165, 1.54) is 29.3 Å². The molecule has 6 heteroatoms. The molecule has 3 aliphatic rings. The number of pyridine rings is 1. The molecule has 5 nitrogen and oxygen atoms in total. The van der Waals surface area contributed by atoms with E-state index in [1.807, 2.05) is 27.7 Å². The summed E-state index contributed by atoms with van der Waals surface area (Å²) in [5.74, 6) is 0.581. The second kappa shape index (κ2) is 8.07. The van der Waals surface area contributed by atoms with Gasteiger partial charge in [-0.1, -0.05) is 37.5 Å². The van der Waals surface area contributed by atoms with Crippen molar-refractivity contribution < 1.29 is 4.79 Å². The number of rotatable bonds is 2. The number of carbonyl (C=O) groups excluding carboxylic acids is 1. The summed E-state index contributed by atoms with van der Waals surface area (Å²) < 4.78 is 3.20. The molecule has 1 saturated carbocycles. The fraction of sp³-hybridized carbons (Fsp3) is 0.462. The lowest BCUT2D eigenvalue weighted by Crippen LogP contribution is -2.53. The SMILES string of the molecule is O=C(NC1CCCCC1)N1CC2CC(C1)c1ccc(-c3cc4ccccc4s3)c(=O)n1C2. The van der Waals surface area contributed by atoms with Crippen molar-refractivity contribution in [3.8, 4) is 10.4 Å². The number of carbonyl (C=O) groups is 1. The summed E-state index contributed by atoms with van der Waals surface area (Å²) in [6.45, 7) is 2.15. The predicted molar refractivity (Wildman–Crippen MR) is 129 cm³/mol. The zero-order valence-electron chi connectivity index (χ0n) is 18.3. The molecule has 2 aromatic heterocycles. The average Bonchev–Trinajstić information content (AvgIpc) is 3.24. The Balaban J connectivity index is 1.25. The van der Waals surface area contributed by atoms with Crippen LogP contribution in [-0.4, -0.2) is 34.6 Å². The van der Waals surface area contributed by atoms with Crippen LogP contribution in [0.2, 0.25) is 0 Å². The summed E-state index contributed by atoms with van der Waals surface area (Å²) in [7, 11) is 0. The minimum atomic E-state index is 0.0873. The molecule has 1 aromatic carbocycles. The largest absolute Gasteiger partial charge is 0.335 e. The number of hydrogen-bond acceptors (Lipinski definition) is 3. The van der Waals surface area contributed by atoms with Gasteiger partial charge in [-0.25, -0.2) is 4.79 Å². The Morgan fingerprint density at radius 1 is 1.00 bits per heavy atom. The molecule has 2 fully saturated rings.